The van der Waals surface area contributed by atoms with Gasteiger partial charge in [-0.3, -0.25) is 14.4 Å². The molecule has 1 N–H and O–H groups in total. The molecule has 1 atom stereocenters. The number of ether oxygens (including phenoxy) is 1. The molecule has 0 heterocycles. The molecule has 0 aliphatic carbocycles. The van der Waals surface area contributed by atoms with E-state index in [9.17, 15) is 14.4 Å². The molecule has 0 bridgehead atoms. The number of halogens is 1. The fourth-order valence-corrected chi connectivity index (χ4v) is 2.45. The van der Waals surface area contributed by atoms with E-state index in [4.69, 9.17) is 16.3 Å². The number of hydrogen-bond acceptors (Lipinski definition) is 4. The molecule has 0 unspecified atom stereocenters. The summed E-state index contributed by atoms with van der Waals surface area (Å²) in [5.41, 5.74) is 1.44. The van der Waals surface area contributed by atoms with Crippen LogP contribution in [0.15, 0.2) is 54.6 Å². The summed E-state index contributed by atoms with van der Waals surface area (Å²) < 4.78 is 4.92. The van der Waals surface area contributed by atoms with Gasteiger partial charge in [-0.15, -0.1) is 0 Å². The highest BCUT2D eigenvalue weighted by Gasteiger charge is 2.13. The predicted octanol–water partition coefficient (Wildman–Crippen LogP) is 3.72. The number of Topliss-reactive ketones (excluding diaryl/α,β-unsaturated/α-hetero) is 1. The molecule has 0 aromatic heterocycles. The van der Waals surface area contributed by atoms with Crippen molar-refractivity contribution in [3.05, 3.63) is 70.7 Å². The van der Waals surface area contributed by atoms with Crippen LogP contribution in [0.2, 0.25) is 5.02 Å². The molecule has 0 spiro atoms. The van der Waals surface area contributed by atoms with E-state index < -0.39 is 11.9 Å². The van der Waals surface area contributed by atoms with Crippen molar-refractivity contribution in [3.8, 4) is 0 Å². The molecule has 0 saturated heterocycles. The number of nitrogens with one attached hydrogen (secondary N) is 1. The van der Waals surface area contributed by atoms with Gasteiger partial charge in [-0.05, 0) is 36.8 Å². The molecule has 1 amide bonds. The van der Waals surface area contributed by atoms with E-state index in [2.05, 4.69) is 5.32 Å². The predicted molar refractivity (Wildman–Crippen MR) is 99.0 cm³/mol. The van der Waals surface area contributed by atoms with Crippen molar-refractivity contribution in [2.45, 2.75) is 25.8 Å². The second kappa shape index (κ2) is 9.73. The van der Waals surface area contributed by atoms with Gasteiger partial charge in [0.15, 0.2) is 12.4 Å². The number of esters is 1. The molecule has 0 radical (unpaired) electrons. The van der Waals surface area contributed by atoms with Crippen molar-refractivity contribution in [1.82, 2.24) is 5.32 Å². The Morgan fingerprint density at radius 3 is 2.31 bits per heavy atom. The Balaban J connectivity index is 1.70. The van der Waals surface area contributed by atoms with Crippen LogP contribution in [0, 0.1) is 0 Å². The second-order valence-corrected chi connectivity index (χ2v) is 6.23. The van der Waals surface area contributed by atoms with E-state index in [-0.39, 0.29) is 31.3 Å². The number of amides is 1. The van der Waals surface area contributed by atoms with Crippen LogP contribution in [-0.2, 0) is 14.3 Å². The number of benzene rings is 2. The van der Waals surface area contributed by atoms with Crippen LogP contribution in [0.25, 0.3) is 0 Å². The molecule has 0 aliphatic heterocycles. The summed E-state index contributed by atoms with van der Waals surface area (Å²) >= 11 is 5.77. The van der Waals surface area contributed by atoms with Crippen LogP contribution in [0.4, 0.5) is 0 Å². The Hall–Kier alpha value is -2.66. The largest absolute Gasteiger partial charge is 0.456 e. The number of carbonyl (C=O) groups excluding carboxylic acids is 3. The van der Waals surface area contributed by atoms with Crippen molar-refractivity contribution >= 4 is 29.3 Å². The van der Waals surface area contributed by atoms with Gasteiger partial charge in [-0.25, -0.2) is 0 Å². The molecule has 0 fully saturated rings. The first-order valence-electron chi connectivity index (χ1n) is 8.24. The minimum absolute atomic E-state index is 0.0164. The molecule has 2 aromatic rings. The topological polar surface area (TPSA) is 72.5 Å². The summed E-state index contributed by atoms with van der Waals surface area (Å²) in [6, 6.07) is 15.7. The highest BCUT2D eigenvalue weighted by atomic mass is 35.5. The lowest BCUT2D eigenvalue weighted by Gasteiger charge is -2.14. The van der Waals surface area contributed by atoms with Crippen LogP contribution in [0.1, 0.15) is 41.7 Å². The highest BCUT2D eigenvalue weighted by Crippen LogP contribution is 2.12. The maximum absolute atomic E-state index is 12.0. The molecule has 5 nitrogen and oxygen atoms in total. The van der Waals surface area contributed by atoms with Crippen LogP contribution >= 0.6 is 11.6 Å². The average Bonchev–Trinajstić information content (AvgIpc) is 2.65. The minimum atomic E-state index is -0.588. The van der Waals surface area contributed by atoms with Gasteiger partial charge in [0.25, 0.3) is 5.91 Å². The van der Waals surface area contributed by atoms with Crippen molar-refractivity contribution < 1.29 is 19.1 Å². The number of ketones is 1. The summed E-state index contributed by atoms with van der Waals surface area (Å²) in [6.45, 7) is 1.48. The van der Waals surface area contributed by atoms with Crippen LogP contribution in [0.5, 0.6) is 0 Å². The summed E-state index contributed by atoms with van der Waals surface area (Å²) in [4.78, 5) is 35.5. The number of carbonyl (C=O) groups is 3. The summed E-state index contributed by atoms with van der Waals surface area (Å²) in [5.74, 6) is -1.16. The Labute approximate surface area is 157 Å². The van der Waals surface area contributed by atoms with E-state index in [1.165, 1.54) is 0 Å². The van der Waals surface area contributed by atoms with Gasteiger partial charge in [-0.1, -0.05) is 41.9 Å². The molecule has 2 rings (SSSR count). The maximum atomic E-state index is 12.0. The van der Waals surface area contributed by atoms with Gasteiger partial charge in [0, 0.05) is 17.0 Å². The molecule has 2 aromatic carbocycles. The zero-order chi connectivity index (χ0) is 18.9. The van der Waals surface area contributed by atoms with Crippen LogP contribution < -0.4 is 5.32 Å². The molecular formula is C20H20ClNO4. The maximum Gasteiger partial charge on any atom is 0.306 e. The summed E-state index contributed by atoms with van der Waals surface area (Å²) in [7, 11) is 0. The van der Waals surface area contributed by atoms with Crippen LogP contribution in [0.3, 0.4) is 0 Å². The zero-order valence-corrected chi connectivity index (χ0v) is 15.2. The van der Waals surface area contributed by atoms with Crippen LogP contribution in [-0.4, -0.2) is 24.3 Å². The lowest BCUT2D eigenvalue weighted by Crippen LogP contribution is -2.31. The lowest BCUT2D eigenvalue weighted by molar-refractivity contribution is -0.148. The fourth-order valence-electron chi connectivity index (χ4n) is 2.32. The Morgan fingerprint density at radius 1 is 1.00 bits per heavy atom. The Bertz CT molecular complexity index is 759. The summed E-state index contributed by atoms with van der Waals surface area (Å²) in [5, 5.41) is 3.29. The van der Waals surface area contributed by atoms with E-state index in [1.54, 1.807) is 24.3 Å². The van der Waals surface area contributed by atoms with Gasteiger partial charge < -0.3 is 10.1 Å². The average molecular weight is 374 g/mol. The Kier molecular flexibility index (Phi) is 7.36. The molecule has 26 heavy (non-hydrogen) atoms. The molecule has 136 valence electrons. The van der Waals surface area contributed by atoms with E-state index >= 15 is 0 Å². The van der Waals surface area contributed by atoms with Crippen molar-refractivity contribution in [3.63, 3.8) is 0 Å². The van der Waals surface area contributed by atoms with Gasteiger partial charge in [-0.2, -0.15) is 0 Å². The number of rotatable bonds is 8. The first-order chi connectivity index (χ1) is 12.5. The zero-order valence-electron chi connectivity index (χ0n) is 14.4. The Morgan fingerprint density at radius 2 is 1.65 bits per heavy atom. The SMILES string of the molecule is C[C@@H](NC(=O)COC(=O)CCC(=O)c1ccc(Cl)cc1)c1ccccc1. The van der Waals surface area contributed by atoms with E-state index in [0.717, 1.165) is 5.56 Å². The minimum Gasteiger partial charge on any atom is -0.456 e. The van der Waals surface area contributed by atoms with Gasteiger partial charge in [0.1, 0.15) is 0 Å². The first-order valence-corrected chi connectivity index (χ1v) is 8.62. The fraction of sp³-hybridized carbons (Fsp3) is 0.250. The molecule has 6 heteroatoms. The van der Waals surface area contributed by atoms with Crippen molar-refractivity contribution in [2.24, 2.45) is 0 Å². The highest BCUT2D eigenvalue weighted by molar-refractivity contribution is 6.30. The smallest absolute Gasteiger partial charge is 0.306 e. The molecule has 0 saturated carbocycles. The van der Waals surface area contributed by atoms with E-state index in [0.29, 0.717) is 10.6 Å². The number of hydrogen-bond donors (Lipinski definition) is 1. The monoisotopic (exact) mass is 373 g/mol. The third-order valence-electron chi connectivity index (χ3n) is 3.76. The standard InChI is InChI=1S/C20H20ClNO4/c1-14(15-5-3-2-4-6-15)22-19(24)13-26-20(25)12-11-18(23)16-7-9-17(21)10-8-16/h2-10,14H,11-13H2,1H3,(H,22,24)/t14-/m1/s1. The van der Waals surface area contributed by atoms with Crippen molar-refractivity contribution in [1.29, 1.82) is 0 Å². The third-order valence-corrected chi connectivity index (χ3v) is 4.02. The molecular weight excluding hydrogens is 354 g/mol. The van der Waals surface area contributed by atoms with Gasteiger partial charge in [0.05, 0.1) is 12.5 Å². The van der Waals surface area contributed by atoms with Gasteiger partial charge in [0.2, 0.25) is 0 Å². The second-order valence-electron chi connectivity index (χ2n) is 5.79. The van der Waals surface area contributed by atoms with Gasteiger partial charge >= 0.3 is 5.97 Å². The lowest BCUT2D eigenvalue weighted by atomic mass is 10.1. The molecule has 0 aliphatic rings. The normalized spacial score (nSPS) is 11.5. The van der Waals surface area contributed by atoms with Crippen molar-refractivity contribution in [2.75, 3.05) is 6.61 Å². The first kappa shape index (κ1) is 19.7. The summed E-state index contributed by atoms with van der Waals surface area (Å²) in [6.07, 6.45) is -0.0640. The van der Waals surface area contributed by atoms with E-state index in [1.807, 2.05) is 37.3 Å². The third kappa shape index (κ3) is 6.33. The quantitative estimate of drug-likeness (QED) is 0.565.